The lowest BCUT2D eigenvalue weighted by atomic mass is 10.0. The molecule has 0 aliphatic carbocycles. The molecule has 0 bridgehead atoms. The van der Waals surface area contributed by atoms with Crippen LogP contribution in [0.15, 0.2) is 30.8 Å². The fourth-order valence-corrected chi connectivity index (χ4v) is 1.78. The summed E-state index contributed by atoms with van der Waals surface area (Å²) in [5.74, 6) is -1.000. The van der Waals surface area contributed by atoms with E-state index in [1.54, 1.807) is 45.0 Å². The first-order chi connectivity index (χ1) is 9.71. The molecule has 0 saturated heterocycles. The summed E-state index contributed by atoms with van der Waals surface area (Å²) in [7, 11) is 0. The molecule has 1 rings (SSSR count). The molecule has 0 unspecified atom stereocenters. The highest BCUT2D eigenvalue weighted by molar-refractivity contribution is 5.72. The second kappa shape index (κ2) is 6.92. The standard InChI is InChI=1S/C16H21NO4/c1-5-11-7-6-8-12(9-11)13(10-14(18)19)17-15(20)21-16(2,3)4/h5-9,13H,1,10H2,2-4H3,(H,17,20)(H,18,19)/t13-/m0/s1. The van der Waals surface area contributed by atoms with Crippen molar-refractivity contribution in [1.29, 1.82) is 0 Å². The van der Waals surface area contributed by atoms with Crippen LogP contribution in [0, 0.1) is 0 Å². The molecule has 5 heteroatoms. The van der Waals surface area contributed by atoms with Gasteiger partial charge in [0, 0.05) is 0 Å². The molecule has 5 nitrogen and oxygen atoms in total. The number of ether oxygens (including phenoxy) is 1. The minimum atomic E-state index is -1.000. The van der Waals surface area contributed by atoms with Crippen molar-refractivity contribution < 1.29 is 19.4 Å². The van der Waals surface area contributed by atoms with Gasteiger partial charge in [-0.05, 0) is 38.0 Å². The molecule has 1 aromatic carbocycles. The van der Waals surface area contributed by atoms with E-state index in [1.165, 1.54) is 0 Å². The minimum absolute atomic E-state index is 0.222. The largest absolute Gasteiger partial charge is 0.481 e. The summed E-state index contributed by atoms with van der Waals surface area (Å²) in [5, 5.41) is 11.6. The van der Waals surface area contributed by atoms with Crippen molar-refractivity contribution >= 4 is 18.1 Å². The van der Waals surface area contributed by atoms with Gasteiger partial charge in [-0.15, -0.1) is 0 Å². The molecule has 1 atom stereocenters. The van der Waals surface area contributed by atoms with Crippen LogP contribution in [0.4, 0.5) is 4.79 Å². The van der Waals surface area contributed by atoms with Crippen molar-refractivity contribution in [3.8, 4) is 0 Å². The highest BCUT2D eigenvalue weighted by atomic mass is 16.6. The molecule has 0 spiro atoms. The number of carboxylic acids is 1. The van der Waals surface area contributed by atoms with E-state index in [1.807, 2.05) is 6.07 Å². The van der Waals surface area contributed by atoms with Gasteiger partial charge in [0.25, 0.3) is 0 Å². The fraction of sp³-hybridized carbons (Fsp3) is 0.375. The summed E-state index contributed by atoms with van der Waals surface area (Å²) in [6, 6.07) is 6.53. The monoisotopic (exact) mass is 291 g/mol. The van der Waals surface area contributed by atoms with Crippen LogP contribution >= 0.6 is 0 Å². The van der Waals surface area contributed by atoms with Gasteiger partial charge in [-0.1, -0.05) is 30.9 Å². The summed E-state index contributed by atoms with van der Waals surface area (Å²) in [6.45, 7) is 8.91. The topological polar surface area (TPSA) is 75.6 Å². The van der Waals surface area contributed by atoms with Crippen LogP contribution in [0.25, 0.3) is 6.08 Å². The van der Waals surface area contributed by atoms with Gasteiger partial charge in [0.05, 0.1) is 12.5 Å². The van der Waals surface area contributed by atoms with Crippen LogP contribution in [0.1, 0.15) is 44.4 Å². The molecule has 0 saturated carbocycles. The Bertz CT molecular complexity index is 531. The molecule has 2 N–H and O–H groups in total. The lowest BCUT2D eigenvalue weighted by Crippen LogP contribution is -2.35. The van der Waals surface area contributed by atoms with Crippen molar-refractivity contribution in [3.05, 3.63) is 42.0 Å². The molecule has 21 heavy (non-hydrogen) atoms. The number of amides is 1. The van der Waals surface area contributed by atoms with Crippen LogP contribution in [-0.2, 0) is 9.53 Å². The second-order valence-electron chi connectivity index (χ2n) is 5.67. The average molecular weight is 291 g/mol. The molecule has 0 fully saturated rings. The van der Waals surface area contributed by atoms with E-state index in [4.69, 9.17) is 9.84 Å². The zero-order valence-electron chi connectivity index (χ0n) is 12.6. The van der Waals surface area contributed by atoms with Gasteiger partial charge < -0.3 is 15.2 Å². The number of alkyl carbamates (subject to hydrolysis) is 1. The minimum Gasteiger partial charge on any atom is -0.481 e. The number of hydrogen-bond acceptors (Lipinski definition) is 3. The molecule has 0 aliphatic rings. The van der Waals surface area contributed by atoms with E-state index in [2.05, 4.69) is 11.9 Å². The number of aliphatic carboxylic acids is 1. The number of carbonyl (C=O) groups is 2. The predicted octanol–water partition coefficient (Wildman–Crippen LogP) is 3.37. The van der Waals surface area contributed by atoms with E-state index >= 15 is 0 Å². The number of benzene rings is 1. The highest BCUT2D eigenvalue weighted by Gasteiger charge is 2.22. The van der Waals surface area contributed by atoms with Crippen LogP contribution in [0.5, 0.6) is 0 Å². The third-order valence-electron chi connectivity index (χ3n) is 2.62. The molecule has 114 valence electrons. The van der Waals surface area contributed by atoms with Crippen molar-refractivity contribution in [2.45, 2.75) is 38.8 Å². The smallest absolute Gasteiger partial charge is 0.408 e. The Morgan fingerprint density at radius 3 is 2.62 bits per heavy atom. The third-order valence-corrected chi connectivity index (χ3v) is 2.62. The van der Waals surface area contributed by atoms with Crippen molar-refractivity contribution in [2.24, 2.45) is 0 Å². The summed E-state index contributed by atoms with van der Waals surface area (Å²) >= 11 is 0. The Labute approximate surface area is 124 Å². The number of rotatable bonds is 5. The lowest BCUT2D eigenvalue weighted by molar-refractivity contribution is -0.137. The van der Waals surface area contributed by atoms with Crippen LogP contribution < -0.4 is 5.32 Å². The van der Waals surface area contributed by atoms with E-state index in [0.717, 1.165) is 5.56 Å². The quantitative estimate of drug-likeness (QED) is 0.872. The second-order valence-corrected chi connectivity index (χ2v) is 5.67. The maximum Gasteiger partial charge on any atom is 0.408 e. The normalized spacial score (nSPS) is 12.3. The SMILES string of the molecule is C=Cc1cccc([C@H](CC(=O)O)NC(=O)OC(C)(C)C)c1. The van der Waals surface area contributed by atoms with E-state index in [0.29, 0.717) is 5.56 Å². The molecular weight excluding hydrogens is 270 g/mol. The van der Waals surface area contributed by atoms with Gasteiger partial charge in [-0.2, -0.15) is 0 Å². The molecule has 1 aromatic rings. The molecule has 1 amide bonds. The third kappa shape index (κ3) is 6.12. The summed E-state index contributed by atoms with van der Waals surface area (Å²) in [5.41, 5.74) is 0.912. The maximum absolute atomic E-state index is 11.8. The van der Waals surface area contributed by atoms with Crippen LogP contribution in [0.2, 0.25) is 0 Å². The number of carbonyl (C=O) groups excluding carboxylic acids is 1. The van der Waals surface area contributed by atoms with Crippen molar-refractivity contribution in [3.63, 3.8) is 0 Å². The van der Waals surface area contributed by atoms with Gasteiger partial charge in [-0.3, -0.25) is 4.79 Å². The molecule has 0 heterocycles. The average Bonchev–Trinajstić information content (AvgIpc) is 2.35. The Hall–Kier alpha value is -2.30. The fourth-order valence-electron chi connectivity index (χ4n) is 1.78. The molecule has 0 radical (unpaired) electrons. The van der Waals surface area contributed by atoms with Gasteiger partial charge in [-0.25, -0.2) is 4.79 Å². The first-order valence-electron chi connectivity index (χ1n) is 6.65. The number of hydrogen-bond donors (Lipinski definition) is 2. The van der Waals surface area contributed by atoms with Crippen molar-refractivity contribution in [2.75, 3.05) is 0 Å². The van der Waals surface area contributed by atoms with Crippen LogP contribution in [-0.4, -0.2) is 22.8 Å². The van der Waals surface area contributed by atoms with E-state index in [9.17, 15) is 9.59 Å². The summed E-state index contributed by atoms with van der Waals surface area (Å²) in [6.07, 6.45) is 0.798. The van der Waals surface area contributed by atoms with Gasteiger partial charge in [0.2, 0.25) is 0 Å². The Balaban J connectivity index is 2.92. The Morgan fingerprint density at radius 1 is 1.43 bits per heavy atom. The Morgan fingerprint density at radius 2 is 2.10 bits per heavy atom. The summed E-state index contributed by atoms with van der Waals surface area (Å²) < 4.78 is 5.16. The predicted molar refractivity (Wildman–Crippen MR) is 80.9 cm³/mol. The maximum atomic E-state index is 11.8. The lowest BCUT2D eigenvalue weighted by Gasteiger charge is -2.23. The summed E-state index contributed by atoms with van der Waals surface area (Å²) in [4.78, 5) is 22.8. The van der Waals surface area contributed by atoms with Gasteiger partial charge in [0.1, 0.15) is 5.60 Å². The zero-order chi connectivity index (χ0) is 16.0. The van der Waals surface area contributed by atoms with E-state index in [-0.39, 0.29) is 6.42 Å². The first-order valence-corrected chi connectivity index (χ1v) is 6.65. The molecular formula is C16H21NO4. The molecule has 0 aromatic heterocycles. The number of nitrogens with one attached hydrogen (secondary N) is 1. The van der Waals surface area contributed by atoms with Crippen LogP contribution in [0.3, 0.4) is 0 Å². The van der Waals surface area contributed by atoms with E-state index < -0.39 is 23.7 Å². The first kappa shape index (κ1) is 16.8. The number of carboxylic acid groups (broad SMARTS) is 1. The molecule has 0 aliphatic heterocycles. The Kier molecular flexibility index (Phi) is 5.52. The highest BCUT2D eigenvalue weighted by Crippen LogP contribution is 2.20. The van der Waals surface area contributed by atoms with Gasteiger partial charge in [0.15, 0.2) is 0 Å². The zero-order valence-corrected chi connectivity index (χ0v) is 12.6. The van der Waals surface area contributed by atoms with Crippen molar-refractivity contribution in [1.82, 2.24) is 5.32 Å². The van der Waals surface area contributed by atoms with Gasteiger partial charge >= 0.3 is 12.1 Å².